The number of piperidine rings is 1. The molecule has 0 spiro atoms. The number of hydrogen-bond acceptors (Lipinski definition) is 4. The minimum Gasteiger partial charge on any atom is -0.450 e. The van der Waals surface area contributed by atoms with Crippen molar-refractivity contribution in [2.24, 2.45) is 4.99 Å². The van der Waals surface area contributed by atoms with Gasteiger partial charge in [0.1, 0.15) is 6.54 Å². The number of guanidine groups is 1. The van der Waals surface area contributed by atoms with Crippen LogP contribution < -0.4 is 15.5 Å². The van der Waals surface area contributed by atoms with Crippen molar-refractivity contribution in [3.05, 3.63) is 29.8 Å². The number of hydrogen-bond donors (Lipinski definition) is 2. The molecule has 0 radical (unpaired) electrons. The molecule has 2 amide bonds. The van der Waals surface area contributed by atoms with Crippen LogP contribution in [0.1, 0.15) is 38.7 Å². The van der Waals surface area contributed by atoms with Gasteiger partial charge in [0.2, 0.25) is 5.91 Å². The summed E-state index contributed by atoms with van der Waals surface area (Å²) in [7, 11) is 0. The number of carbonyl (C=O) groups excluding carboxylic acids is 2. The number of para-hydroxylation sites is 1. The molecule has 0 aromatic heterocycles. The molecule has 30 heavy (non-hydrogen) atoms. The molecule has 0 unspecified atom stereocenters. The highest BCUT2D eigenvalue weighted by Gasteiger charge is 2.25. The Bertz CT molecular complexity index is 759. The monoisotopic (exact) mass is 415 g/mol. The molecule has 1 aromatic carbocycles. The molecule has 0 atom stereocenters. The van der Waals surface area contributed by atoms with Gasteiger partial charge < -0.3 is 25.2 Å². The van der Waals surface area contributed by atoms with Gasteiger partial charge in [0.15, 0.2) is 5.96 Å². The lowest BCUT2D eigenvalue weighted by molar-refractivity contribution is -0.117. The van der Waals surface area contributed by atoms with Gasteiger partial charge >= 0.3 is 6.09 Å². The largest absolute Gasteiger partial charge is 0.450 e. The third kappa shape index (κ3) is 5.64. The van der Waals surface area contributed by atoms with Gasteiger partial charge in [-0.1, -0.05) is 18.2 Å². The molecule has 164 valence electrons. The van der Waals surface area contributed by atoms with Gasteiger partial charge in [0.05, 0.1) is 6.61 Å². The van der Waals surface area contributed by atoms with Gasteiger partial charge in [-0.05, 0) is 51.2 Å². The smallest absolute Gasteiger partial charge is 0.409 e. The standard InChI is InChI=1S/C22H33N5O3/c1-3-23-21(25-18-11-14-26(15-12-18)22(29)30-4-2)24-16-20(28)27-13-7-9-17-8-5-6-10-19(17)27/h5-6,8,10,18H,3-4,7,9,11-16H2,1-2H3,(H2,23,24,25). The lowest BCUT2D eigenvalue weighted by Crippen LogP contribution is -2.50. The Labute approximate surface area is 178 Å². The highest BCUT2D eigenvalue weighted by molar-refractivity contribution is 5.97. The van der Waals surface area contributed by atoms with E-state index in [-0.39, 0.29) is 24.6 Å². The van der Waals surface area contributed by atoms with Crippen LogP contribution >= 0.6 is 0 Å². The van der Waals surface area contributed by atoms with E-state index in [2.05, 4.69) is 21.7 Å². The van der Waals surface area contributed by atoms with Crippen molar-refractivity contribution in [1.82, 2.24) is 15.5 Å². The van der Waals surface area contributed by atoms with Crippen molar-refractivity contribution in [1.29, 1.82) is 0 Å². The van der Waals surface area contributed by atoms with Crippen LogP contribution in [-0.4, -0.2) is 68.2 Å². The number of ether oxygens (including phenoxy) is 1. The average Bonchev–Trinajstić information content (AvgIpc) is 2.77. The highest BCUT2D eigenvalue weighted by atomic mass is 16.6. The zero-order valence-electron chi connectivity index (χ0n) is 18.0. The van der Waals surface area contributed by atoms with Gasteiger partial charge in [-0.25, -0.2) is 9.79 Å². The molecule has 1 fully saturated rings. The van der Waals surface area contributed by atoms with Crippen molar-refractivity contribution >= 4 is 23.6 Å². The molecule has 1 saturated heterocycles. The van der Waals surface area contributed by atoms with Crippen LogP contribution in [0.3, 0.4) is 0 Å². The van der Waals surface area contributed by atoms with Gasteiger partial charge in [0, 0.05) is 37.9 Å². The van der Waals surface area contributed by atoms with Crippen LogP contribution in [-0.2, 0) is 16.0 Å². The number of aliphatic imine (C=N–C) groups is 1. The topological polar surface area (TPSA) is 86.3 Å². The summed E-state index contributed by atoms with van der Waals surface area (Å²) in [4.78, 5) is 32.8. The third-order valence-electron chi connectivity index (χ3n) is 5.49. The Morgan fingerprint density at radius 2 is 1.93 bits per heavy atom. The van der Waals surface area contributed by atoms with Gasteiger partial charge in [-0.15, -0.1) is 0 Å². The average molecular weight is 416 g/mol. The van der Waals surface area contributed by atoms with E-state index in [0.29, 0.717) is 32.2 Å². The van der Waals surface area contributed by atoms with E-state index in [1.165, 1.54) is 5.56 Å². The molecular formula is C22H33N5O3. The molecule has 0 saturated carbocycles. The molecule has 1 aromatic rings. The Balaban J connectivity index is 1.55. The molecule has 8 heteroatoms. The summed E-state index contributed by atoms with van der Waals surface area (Å²) in [6.07, 6.45) is 3.37. The van der Waals surface area contributed by atoms with E-state index < -0.39 is 0 Å². The summed E-state index contributed by atoms with van der Waals surface area (Å²) >= 11 is 0. The van der Waals surface area contributed by atoms with Gasteiger partial charge in [-0.3, -0.25) is 4.79 Å². The molecule has 3 rings (SSSR count). The maximum absolute atomic E-state index is 12.8. The normalized spacial score (nSPS) is 17.3. The van der Waals surface area contributed by atoms with Crippen molar-refractivity contribution in [3.8, 4) is 0 Å². The van der Waals surface area contributed by atoms with Crippen molar-refractivity contribution in [3.63, 3.8) is 0 Å². The van der Waals surface area contributed by atoms with E-state index in [4.69, 9.17) is 4.74 Å². The number of nitrogens with one attached hydrogen (secondary N) is 2. The van der Waals surface area contributed by atoms with Crippen LogP contribution in [0.4, 0.5) is 10.5 Å². The van der Waals surface area contributed by atoms with Crippen LogP contribution in [0.15, 0.2) is 29.3 Å². The SMILES string of the molecule is CCNC(=NCC(=O)N1CCCc2ccccc21)NC1CCN(C(=O)OCC)CC1. The summed E-state index contributed by atoms with van der Waals surface area (Å²) in [5, 5.41) is 6.64. The first-order valence-electron chi connectivity index (χ1n) is 11.0. The first-order chi connectivity index (χ1) is 14.6. The fourth-order valence-electron chi connectivity index (χ4n) is 3.96. The lowest BCUT2D eigenvalue weighted by Gasteiger charge is -2.32. The highest BCUT2D eigenvalue weighted by Crippen LogP contribution is 2.26. The van der Waals surface area contributed by atoms with Gasteiger partial charge in [0.25, 0.3) is 0 Å². The fraction of sp³-hybridized carbons (Fsp3) is 0.591. The summed E-state index contributed by atoms with van der Waals surface area (Å²) in [5.41, 5.74) is 2.23. The molecule has 0 aliphatic carbocycles. The summed E-state index contributed by atoms with van der Waals surface area (Å²) < 4.78 is 5.07. The van der Waals surface area contributed by atoms with E-state index in [0.717, 1.165) is 37.9 Å². The number of fused-ring (bicyclic) bond motifs is 1. The van der Waals surface area contributed by atoms with E-state index in [1.54, 1.807) is 4.90 Å². The maximum atomic E-state index is 12.8. The quantitative estimate of drug-likeness (QED) is 0.568. The molecule has 2 aliphatic heterocycles. The number of benzene rings is 1. The minimum atomic E-state index is -0.246. The first-order valence-corrected chi connectivity index (χ1v) is 11.0. The summed E-state index contributed by atoms with van der Waals surface area (Å²) in [6.45, 7) is 7.07. The van der Waals surface area contributed by atoms with Crippen LogP contribution in [0, 0.1) is 0 Å². The predicted octanol–water partition coefficient (Wildman–Crippen LogP) is 2.14. The number of likely N-dealkylation sites (tertiary alicyclic amines) is 1. The summed E-state index contributed by atoms with van der Waals surface area (Å²) in [6, 6.07) is 8.30. The molecular weight excluding hydrogens is 382 g/mol. The van der Waals surface area contributed by atoms with E-state index in [1.807, 2.05) is 36.9 Å². The second-order valence-electron chi connectivity index (χ2n) is 7.58. The zero-order chi connectivity index (χ0) is 21.3. The zero-order valence-corrected chi connectivity index (χ0v) is 18.0. The molecule has 2 aliphatic rings. The Morgan fingerprint density at radius 3 is 2.67 bits per heavy atom. The van der Waals surface area contributed by atoms with Crippen molar-refractivity contribution in [2.75, 3.05) is 44.2 Å². The van der Waals surface area contributed by atoms with Crippen LogP contribution in [0.2, 0.25) is 0 Å². The number of amides is 2. The number of nitrogens with zero attached hydrogens (tertiary/aromatic N) is 3. The molecule has 0 bridgehead atoms. The second-order valence-corrected chi connectivity index (χ2v) is 7.58. The third-order valence-corrected chi connectivity index (χ3v) is 5.49. The predicted molar refractivity (Wildman–Crippen MR) is 118 cm³/mol. The first kappa shape index (κ1) is 21.9. The molecule has 2 heterocycles. The fourth-order valence-corrected chi connectivity index (χ4v) is 3.96. The number of aryl methyl sites for hydroxylation is 1. The number of anilines is 1. The Kier molecular flexibility index (Phi) is 7.93. The van der Waals surface area contributed by atoms with Crippen molar-refractivity contribution < 1.29 is 14.3 Å². The maximum Gasteiger partial charge on any atom is 0.409 e. The Morgan fingerprint density at radius 1 is 1.17 bits per heavy atom. The number of carbonyl (C=O) groups is 2. The van der Waals surface area contributed by atoms with E-state index in [9.17, 15) is 9.59 Å². The second kappa shape index (κ2) is 10.8. The molecule has 8 nitrogen and oxygen atoms in total. The van der Waals surface area contributed by atoms with Crippen molar-refractivity contribution in [2.45, 2.75) is 45.6 Å². The van der Waals surface area contributed by atoms with Crippen LogP contribution in [0.25, 0.3) is 0 Å². The summed E-state index contributed by atoms with van der Waals surface area (Å²) in [5.74, 6) is 0.655. The van der Waals surface area contributed by atoms with Crippen LogP contribution in [0.5, 0.6) is 0 Å². The molecule has 2 N–H and O–H groups in total. The van der Waals surface area contributed by atoms with E-state index >= 15 is 0 Å². The number of rotatable bonds is 5. The lowest BCUT2D eigenvalue weighted by atomic mass is 10.0. The van der Waals surface area contributed by atoms with Gasteiger partial charge in [-0.2, -0.15) is 0 Å². The Hall–Kier alpha value is -2.77. The minimum absolute atomic E-state index is 0.0106.